The Balaban J connectivity index is 1.12. The molecular formula is C41H36N4. The smallest absolute Gasteiger partial charge is 0.164 e. The molecule has 4 heteroatoms. The van der Waals surface area contributed by atoms with Gasteiger partial charge in [-0.25, -0.2) is 15.0 Å². The van der Waals surface area contributed by atoms with E-state index in [0.29, 0.717) is 28.5 Å². The van der Waals surface area contributed by atoms with Crippen molar-refractivity contribution in [1.82, 2.24) is 15.0 Å². The van der Waals surface area contributed by atoms with Gasteiger partial charge in [-0.2, -0.15) is 5.26 Å². The summed E-state index contributed by atoms with van der Waals surface area (Å²) in [4.78, 5) is 15.2. The summed E-state index contributed by atoms with van der Waals surface area (Å²) in [6, 6.07) is 34.4. The molecule has 0 unspecified atom stereocenters. The van der Waals surface area contributed by atoms with Crippen molar-refractivity contribution in [2.24, 2.45) is 17.8 Å². The summed E-state index contributed by atoms with van der Waals surface area (Å²) in [6.07, 6.45) is 8.47. The molecule has 0 N–H and O–H groups in total. The van der Waals surface area contributed by atoms with Gasteiger partial charge in [-0.15, -0.1) is 0 Å². The van der Waals surface area contributed by atoms with E-state index in [1.165, 1.54) is 66.3 Å². The Morgan fingerprint density at radius 1 is 0.600 bits per heavy atom. The molecule has 4 bridgehead atoms. The molecule has 0 atom stereocenters. The van der Waals surface area contributed by atoms with Crippen molar-refractivity contribution in [2.45, 2.75) is 63.2 Å². The van der Waals surface area contributed by atoms with Crippen molar-refractivity contribution in [3.05, 3.63) is 113 Å². The minimum absolute atomic E-state index is 0.237. The van der Waals surface area contributed by atoms with Crippen LogP contribution in [0.25, 0.3) is 45.3 Å². The summed E-state index contributed by atoms with van der Waals surface area (Å²) >= 11 is 0. The van der Waals surface area contributed by atoms with Crippen LogP contribution < -0.4 is 0 Å². The third-order valence-corrected chi connectivity index (χ3v) is 11.5. The topological polar surface area (TPSA) is 62.5 Å². The molecule has 45 heavy (non-hydrogen) atoms. The average Bonchev–Trinajstić information content (AvgIpc) is 3.29. The lowest BCUT2D eigenvalue weighted by Crippen LogP contribution is -2.48. The van der Waals surface area contributed by atoms with Gasteiger partial charge in [0.1, 0.15) is 0 Å². The van der Waals surface area contributed by atoms with E-state index in [1.807, 2.05) is 30.3 Å². The van der Waals surface area contributed by atoms with Crippen LogP contribution >= 0.6 is 0 Å². The van der Waals surface area contributed by atoms with Crippen molar-refractivity contribution in [2.75, 3.05) is 0 Å². The molecule has 0 amide bonds. The second-order valence-corrected chi connectivity index (χ2v) is 14.7. The van der Waals surface area contributed by atoms with E-state index in [2.05, 4.69) is 80.6 Å². The molecule has 220 valence electrons. The molecule has 0 spiro atoms. The number of hydrogen-bond donors (Lipinski definition) is 0. The Morgan fingerprint density at radius 2 is 1.11 bits per heavy atom. The maximum absolute atomic E-state index is 9.55. The molecule has 1 heterocycles. The predicted molar refractivity (Wildman–Crippen MR) is 178 cm³/mol. The lowest BCUT2D eigenvalue weighted by atomic mass is 9.48. The minimum Gasteiger partial charge on any atom is -0.208 e. The van der Waals surface area contributed by atoms with Crippen LogP contribution in [0.2, 0.25) is 0 Å². The SMILES string of the molecule is CC1(C)c2cc(C#N)ccc2-c2ccc(-c3nc(-c4ccccc4)nc(-c4ccc(C56C[C@H]7C[C@@H](C5)C[C@@H](C6)C7)cc4)n3)cc21. The van der Waals surface area contributed by atoms with Gasteiger partial charge in [-0.3, -0.25) is 0 Å². The van der Waals surface area contributed by atoms with Crippen LogP contribution in [0.4, 0.5) is 0 Å². The average molecular weight is 585 g/mol. The summed E-state index contributed by atoms with van der Waals surface area (Å²) in [5.74, 6) is 4.84. The summed E-state index contributed by atoms with van der Waals surface area (Å²) in [5, 5.41) is 9.55. The normalized spacial score (nSPS) is 25.0. The number of rotatable bonds is 4. The zero-order valence-corrected chi connectivity index (χ0v) is 25.9. The second kappa shape index (κ2) is 9.69. The molecule has 10 rings (SSSR count). The van der Waals surface area contributed by atoms with Gasteiger partial charge < -0.3 is 0 Å². The van der Waals surface area contributed by atoms with Gasteiger partial charge in [-0.05, 0) is 108 Å². The lowest BCUT2D eigenvalue weighted by molar-refractivity contribution is -0.00518. The summed E-state index contributed by atoms with van der Waals surface area (Å²) < 4.78 is 0. The van der Waals surface area contributed by atoms with E-state index >= 15 is 0 Å². The van der Waals surface area contributed by atoms with Gasteiger partial charge in [0.25, 0.3) is 0 Å². The molecule has 5 aliphatic carbocycles. The Kier molecular flexibility index (Phi) is 5.76. The van der Waals surface area contributed by atoms with E-state index in [9.17, 15) is 5.26 Å². The molecule has 0 aliphatic heterocycles. The zero-order valence-electron chi connectivity index (χ0n) is 25.9. The van der Waals surface area contributed by atoms with Gasteiger partial charge in [-0.1, -0.05) is 86.6 Å². The largest absolute Gasteiger partial charge is 0.208 e. The number of aromatic nitrogens is 3. The van der Waals surface area contributed by atoms with Crippen molar-refractivity contribution >= 4 is 0 Å². The minimum atomic E-state index is -0.237. The monoisotopic (exact) mass is 584 g/mol. The first-order chi connectivity index (χ1) is 21.9. The molecule has 4 saturated carbocycles. The third-order valence-electron chi connectivity index (χ3n) is 11.5. The van der Waals surface area contributed by atoms with E-state index in [1.54, 1.807) is 0 Å². The number of nitriles is 1. The van der Waals surface area contributed by atoms with Crippen LogP contribution in [0.3, 0.4) is 0 Å². The van der Waals surface area contributed by atoms with Crippen LogP contribution in [-0.2, 0) is 10.8 Å². The first kappa shape index (κ1) is 26.8. The summed E-state index contributed by atoms with van der Waals surface area (Å²) in [5.41, 5.74) is 10.1. The summed E-state index contributed by atoms with van der Waals surface area (Å²) in [7, 11) is 0. The van der Waals surface area contributed by atoms with Gasteiger partial charge in [0.05, 0.1) is 11.6 Å². The first-order valence-corrected chi connectivity index (χ1v) is 16.5. The highest BCUT2D eigenvalue weighted by Gasteiger charge is 2.51. The Bertz CT molecular complexity index is 1980. The van der Waals surface area contributed by atoms with E-state index in [-0.39, 0.29) is 5.41 Å². The fraction of sp³-hybridized carbons (Fsp3) is 0.317. The number of nitrogens with zero attached hydrogens (tertiary/aromatic N) is 4. The van der Waals surface area contributed by atoms with Crippen LogP contribution in [-0.4, -0.2) is 15.0 Å². The molecule has 5 aliphatic rings. The Labute approximate surface area is 265 Å². The highest BCUT2D eigenvalue weighted by molar-refractivity contribution is 5.83. The van der Waals surface area contributed by atoms with E-state index in [4.69, 9.17) is 15.0 Å². The van der Waals surface area contributed by atoms with Gasteiger partial charge in [0, 0.05) is 22.1 Å². The summed E-state index contributed by atoms with van der Waals surface area (Å²) in [6.45, 7) is 4.48. The molecule has 4 nitrogen and oxygen atoms in total. The van der Waals surface area contributed by atoms with Crippen LogP contribution in [0.1, 0.15) is 74.6 Å². The zero-order chi connectivity index (χ0) is 30.3. The number of fused-ring (bicyclic) bond motifs is 3. The fourth-order valence-electron chi connectivity index (χ4n) is 9.73. The fourth-order valence-corrected chi connectivity index (χ4v) is 9.73. The first-order valence-electron chi connectivity index (χ1n) is 16.5. The van der Waals surface area contributed by atoms with Gasteiger partial charge in [0.2, 0.25) is 0 Å². The Morgan fingerprint density at radius 3 is 1.71 bits per heavy atom. The van der Waals surface area contributed by atoms with Crippen molar-refractivity contribution < 1.29 is 0 Å². The molecule has 1 aromatic heterocycles. The highest BCUT2D eigenvalue weighted by Crippen LogP contribution is 2.60. The van der Waals surface area contributed by atoms with Crippen molar-refractivity contribution in [3.63, 3.8) is 0 Å². The van der Waals surface area contributed by atoms with Crippen LogP contribution in [0.15, 0.2) is 91.0 Å². The molecule has 0 saturated heterocycles. The molecule has 0 radical (unpaired) electrons. The second-order valence-electron chi connectivity index (χ2n) is 14.7. The molecular weight excluding hydrogens is 548 g/mol. The Hall–Kier alpha value is -4.62. The number of hydrogen-bond acceptors (Lipinski definition) is 4. The molecule has 4 aromatic carbocycles. The standard InChI is InChI=1S/C41H36N4/c1-40(2)35-19-25(24-42)8-14-33(35)34-15-11-31(20-36(34)40)39-44-37(29-6-4-3-5-7-29)43-38(45-39)30-9-12-32(13-10-30)41-21-26-16-27(22-41)18-28(17-26)23-41/h3-15,19-20,26-28H,16-18,21-23H2,1-2H3/t26-,27+,28-,41?. The lowest BCUT2D eigenvalue weighted by Gasteiger charge is -2.57. The molecule has 4 fully saturated rings. The van der Waals surface area contributed by atoms with E-state index < -0.39 is 0 Å². The van der Waals surface area contributed by atoms with Crippen LogP contribution in [0.5, 0.6) is 0 Å². The van der Waals surface area contributed by atoms with Crippen molar-refractivity contribution in [3.8, 4) is 51.4 Å². The van der Waals surface area contributed by atoms with Gasteiger partial charge in [0.15, 0.2) is 17.5 Å². The van der Waals surface area contributed by atoms with Crippen LogP contribution in [0, 0.1) is 29.1 Å². The maximum atomic E-state index is 9.55. The third kappa shape index (κ3) is 4.21. The number of benzene rings is 4. The quantitative estimate of drug-likeness (QED) is 0.211. The van der Waals surface area contributed by atoms with Crippen molar-refractivity contribution in [1.29, 1.82) is 5.26 Å². The highest BCUT2D eigenvalue weighted by atomic mass is 15.0. The predicted octanol–water partition coefficient (Wildman–Crippen LogP) is 9.52. The van der Waals surface area contributed by atoms with E-state index in [0.717, 1.165) is 34.4 Å². The van der Waals surface area contributed by atoms with Gasteiger partial charge >= 0.3 is 0 Å². The maximum Gasteiger partial charge on any atom is 0.164 e. The molecule has 5 aromatic rings.